The van der Waals surface area contributed by atoms with Gasteiger partial charge in [0.15, 0.2) is 11.6 Å². The molecule has 5 heteroatoms. The summed E-state index contributed by atoms with van der Waals surface area (Å²) in [6.07, 6.45) is 0.711. The molecule has 0 unspecified atom stereocenters. The summed E-state index contributed by atoms with van der Waals surface area (Å²) in [5.74, 6) is -0.749. The van der Waals surface area contributed by atoms with Gasteiger partial charge >= 0.3 is 0 Å². The first kappa shape index (κ1) is 12.2. The summed E-state index contributed by atoms with van der Waals surface area (Å²) in [6, 6.07) is 3.90. The molecule has 0 fully saturated rings. The van der Waals surface area contributed by atoms with Gasteiger partial charge < -0.3 is 10.1 Å². The Morgan fingerprint density at radius 2 is 2.31 bits per heavy atom. The fourth-order valence-electron chi connectivity index (χ4n) is 1.09. The van der Waals surface area contributed by atoms with Gasteiger partial charge in [-0.2, -0.15) is 0 Å². The van der Waals surface area contributed by atoms with E-state index in [1.165, 1.54) is 19.2 Å². The highest BCUT2D eigenvalue weighted by atomic mass is 19.1. The Kier molecular flexibility index (Phi) is 4.44. The minimum Gasteiger partial charge on any atom is -0.490 e. The first-order valence-electron chi connectivity index (χ1n) is 4.75. The molecule has 1 aromatic rings. The summed E-state index contributed by atoms with van der Waals surface area (Å²) in [5.41, 5.74) is 0.246. The number of hydrogen-bond acceptors (Lipinski definition) is 3. The molecule has 1 amide bonds. The van der Waals surface area contributed by atoms with Crippen LogP contribution >= 0.6 is 0 Å². The molecule has 86 valence electrons. The van der Waals surface area contributed by atoms with Gasteiger partial charge in [0.1, 0.15) is 6.29 Å². The van der Waals surface area contributed by atoms with Gasteiger partial charge in [0, 0.05) is 12.6 Å². The van der Waals surface area contributed by atoms with E-state index >= 15 is 0 Å². The van der Waals surface area contributed by atoms with E-state index in [1.807, 2.05) is 0 Å². The molecule has 0 saturated carbocycles. The van der Waals surface area contributed by atoms with Crippen molar-refractivity contribution in [3.63, 3.8) is 0 Å². The van der Waals surface area contributed by atoms with Crippen molar-refractivity contribution in [2.24, 2.45) is 0 Å². The summed E-state index contributed by atoms with van der Waals surface area (Å²) in [5, 5.41) is 2.43. The van der Waals surface area contributed by atoms with Crippen LogP contribution in [-0.2, 0) is 4.79 Å². The van der Waals surface area contributed by atoms with Crippen LogP contribution in [-0.4, -0.2) is 25.8 Å². The van der Waals surface area contributed by atoms with Gasteiger partial charge in [0.2, 0.25) is 5.91 Å². The number of rotatable bonds is 5. The number of amides is 1. The van der Waals surface area contributed by atoms with Crippen molar-refractivity contribution >= 4 is 12.2 Å². The lowest BCUT2D eigenvalue weighted by atomic mass is 10.2. The molecule has 0 aliphatic carbocycles. The minimum absolute atomic E-state index is 0.0366. The van der Waals surface area contributed by atoms with Crippen molar-refractivity contribution in [3.8, 4) is 5.75 Å². The number of carbonyl (C=O) groups is 2. The summed E-state index contributed by atoms with van der Waals surface area (Å²) in [6.45, 7) is 0.0943. The van der Waals surface area contributed by atoms with Crippen LogP contribution in [0.25, 0.3) is 0 Å². The summed E-state index contributed by atoms with van der Waals surface area (Å²) < 4.78 is 18.3. The highest BCUT2D eigenvalue weighted by molar-refractivity contribution is 5.76. The summed E-state index contributed by atoms with van der Waals surface area (Å²) in [7, 11) is 1.52. The predicted molar refractivity (Wildman–Crippen MR) is 56.0 cm³/mol. The summed E-state index contributed by atoms with van der Waals surface area (Å²) >= 11 is 0. The Morgan fingerprint density at radius 1 is 1.56 bits per heavy atom. The fourth-order valence-corrected chi connectivity index (χ4v) is 1.09. The van der Waals surface area contributed by atoms with E-state index < -0.39 is 5.82 Å². The number of nitrogens with one attached hydrogen (secondary N) is 1. The van der Waals surface area contributed by atoms with E-state index in [9.17, 15) is 14.0 Å². The van der Waals surface area contributed by atoms with E-state index in [0.717, 1.165) is 6.07 Å². The molecule has 0 saturated heterocycles. The first-order valence-corrected chi connectivity index (χ1v) is 4.75. The number of halogens is 1. The zero-order valence-electron chi connectivity index (χ0n) is 8.83. The number of benzene rings is 1. The molecule has 1 aromatic carbocycles. The van der Waals surface area contributed by atoms with E-state index in [-0.39, 0.29) is 30.2 Å². The first-order chi connectivity index (χ1) is 7.67. The maximum absolute atomic E-state index is 13.3. The second kappa shape index (κ2) is 5.85. The Hall–Kier alpha value is -1.91. The highest BCUT2D eigenvalue weighted by Crippen LogP contribution is 2.17. The van der Waals surface area contributed by atoms with Gasteiger partial charge in [-0.3, -0.25) is 9.59 Å². The third-order valence-corrected chi connectivity index (χ3v) is 1.96. The standard InChI is InChI=1S/C11H12FNO3/c1-13-11(15)4-5-16-10-3-2-8(7-14)6-9(10)12/h2-3,6-7H,4-5H2,1H3,(H,13,15). The third-order valence-electron chi connectivity index (χ3n) is 1.96. The lowest BCUT2D eigenvalue weighted by Gasteiger charge is -2.06. The van der Waals surface area contributed by atoms with Gasteiger partial charge in [-0.15, -0.1) is 0 Å². The molecule has 0 atom stereocenters. The van der Waals surface area contributed by atoms with Crippen LogP contribution in [0.1, 0.15) is 16.8 Å². The van der Waals surface area contributed by atoms with E-state index in [2.05, 4.69) is 5.32 Å². The van der Waals surface area contributed by atoms with Gasteiger partial charge in [-0.05, 0) is 18.2 Å². The zero-order valence-corrected chi connectivity index (χ0v) is 8.83. The molecular weight excluding hydrogens is 213 g/mol. The van der Waals surface area contributed by atoms with E-state index in [0.29, 0.717) is 6.29 Å². The van der Waals surface area contributed by atoms with Crippen molar-refractivity contribution in [2.45, 2.75) is 6.42 Å². The van der Waals surface area contributed by atoms with Gasteiger partial charge in [-0.25, -0.2) is 4.39 Å². The number of ether oxygens (including phenoxy) is 1. The zero-order chi connectivity index (χ0) is 12.0. The molecule has 0 bridgehead atoms. The monoisotopic (exact) mass is 225 g/mol. The quantitative estimate of drug-likeness (QED) is 0.765. The molecule has 1 rings (SSSR count). The van der Waals surface area contributed by atoms with Crippen molar-refractivity contribution in [3.05, 3.63) is 29.6 Å². The van der Waals surface area contributed by atoms with Gasteiger partial charge in [0.25, 0.3) is 0 Å². The molecule has 16 heavy (non-hydrogen) atoms. The van der Waals surface area contributed by atoms with E-state index in [4.69, 9.17) is 4.74 Å². The Morgan fingerprint density at radius 3 is 2.88 bits per heavy atom. The van der Waals surface area contributed by atoms with Gasteiger partial charge in [0.05, 0.1) is 13.0 Å². The minimum atomic E-state index is -0.610. The normalized spacial score (nSPS) is 9.62. The third kappa shape index (κ3) is 3.34. The number of carbonyl (C=O) groups excluding carboxylic acids is 2. The van der Waals surface area contributed by atoms with Crippen molar-refractivity contribution < 1.29 is 18.7 Å². The number of hydrogen-bond donors (Lipinski definition) is 1. The SMILES string of the molecule is CNC(=O)CCOc1ccc(C=O)cc1F. The summed E-state index contributed by atoms with van der Waals surface area (Å²) in [4.78, 5) is 21.2. The van der Waals surface area contributed by atoms with Crippen LogP contribution in [0.3, 0.4) is 0 Å². The molecule has 0 radical (unpaired) electrons. The van der Waals surface area contributed by atoms with Gasteiger partial charge in [-0.1, -0.05) is 0 Å². The lowest BCUT2D eigenvalue weighted by Crippen LogP contribution is -2.20. The topological polar surface area (TPSA) is 55.4 Å². The van der Waals surface area contributed by atoms with E-state index in [1.54, 1.807) is 0 Å². The fraction of sp³-hybridized carbons (Fsp3) is 0.273. The molecule has 0 heterocycles. The Bertz CT molecular complexity index is 393. The Labute approximate surface area is 92.4 Å². The molecule has 0 aliphatic heterocycles. The largest absolute Gasteiger partial charge is 0.490 e. The molecule has 1 N–H and O–H groups in total. The maximum Gasteiger partial charge on any atom is 0.223 e. The van der Waals surface area contributed by atoms with Crippen molar-refractivity contribution in [1.29, 1.82) is 0 Å². The van der Waals surface area contributed by atoms with Crippen LogP contribution in [0, 0.1) is 5.82 Å². The smallest absolute Gasteiger partial charge is 0.223 e. The molecule has 0 spiro atoms. The van der Waals surface area contributed by atoms with Crippen LogP contribution < -0.4 is 10.1 Å². The molecule has 4 nitrogen and oxygen atoms in total. The predicted octanol–water partition coefficient (Wildman–Crippen LogP) is 1.15. The van der Waals surface area contributed by atoms with Crippen LogP contribution in [0.5, 0.6) is 5.75 Å². The van der Waals surface area contributed by atoms with Crippen LogP contribution in [0.4, 0.5) is 4.39 Å². The molecular formula is C11H12FNO3. The highest BCUT2D eigenvalue weighted by Gasteiger charge is 2.05. The average molecular weight is 225 g/mol. The van der Waals surface area contributed by atoms with Crippen LogP contribution in [0.2, 0.25) is 0 Å². The molecule has 0 aliphatic rings. The van der Waals surface area contributed by atoms with Crippen LogP contribution in [0.15, 0.2) is 18.2 Å². The molecule has 0 aromatic heterocycles. The Balaban J connectivity index is 2.54. The lowest BCUT2D eigenvalue weighted by molar-refractivity contribution is -0.121. The van der Waals surface area contributed by atoms with Crippen molar-refractivity contribution in [1.82, 2.24) is 5.32 Å². The maximum atomic E-state index is 13.3. The second-order valence-corrected chi connectivity index (χ2v) is 3.08. The number of aldehydes is 1. The van der Waals surface area contributed by atoms with Crippen molar-refractivity contribution in [2.75, 3.05) is 13.7 Å². The second-order valence-electron chi connectivity index (χ2n) is 3.08. The average Bonchev–Trinajstić information content (AvgIpc) is 2.30.